The molecule has 1 aliphatic heterocycles. The zero-order valence-corrected chi connectivity index (χ0v) is 14.5. The molecule has 5 nitrogen and oxygen atoms in total. The first-order valence-electron chi connectivity index (χ1n) is 8.47. The Bertz CT molecular complexity index is 377. The van der Waals surface area contributed by atoms with Gasteiger partial charge < -0.3 is 15.3 Å². The Morgan fingerprint density at radius 2 is 1.95 bits per heavy atom. The van der Waals surface area contributed by atoms with Crippen molar-refractivity contribution in [1.82, 2.24) is 10.2 Å². The molecule has 1 heterocycles. The minimum atomic E-state index is -0.420. The first-order chi connectivity index (χ1) is 10.3. The smallest absolute Gasteiger partial charge is 0.225 e. The van der Waals surface area contributed by atoms with E-state index in [9.17, 15) is 9.59 Å². The minimum Gasteiger partial charge on any atom is -0.396 e. The van der Waals surface area contributed by atoms with Crippen LogP contribution in [0.15, 0.2) is 0 Å². The molecule has 5 heteroatoms. The Kier molecular flexibility index (Phi) is 7.33. The van der Waals surface area contributed by atoms with Gasteiger partial charge in [-0.2, -0.15) is 0 Å². The number of nitrogens with zero attached hydrogens (tertiary/aromatic N) is 1. The molecule has 128 valence electrons. The summed E-state index contributed by atoms with van der Waals surface area (Å²) < 4.78 is 0. The van der Waals surface area contributed by atoms with E-state index in [0.29, 0.717) is 18.9 Å². The predicted octanol–water partition coefficient (Wildman–Crippen LogP) is 1.94. The van der Waals surface area contributed by atoms with Crippen molar-refractivity contribution in [1.29, 1.82) is 0 Å². The van der Waals surface area contributed by atoms with E-state index in [2.05, 4.69) is 5.32 Å². The number of hydrogen-bond acceptors (Lipinski definition) is 3. The molecule has 0 aromatic rings. The number of carbonyl (C=O) groups excluding carboxylic acids is 2. The summed E-state index contributed by atoms with van der Waals surface area (Å²) >= 11 is 0. The van der Waals surface area contributed by atoms with Crippen molar-refractivity contribution >= 4 is 11.8 Å². The highest BCUT2D eigenvalue weighted by Gasteiger charge is 2.32. The summed E-state index contributed by atoms with van der Waals surface area (Å²) in [5.74, 6) is 0.557. The molecular weight excluding hydrogens is 280 g/mol. The van der Waals surface area contributed by atoms with Crippen LogP contribution in [0.5, 0.6) is 0 Å². The highest BCUT2D eigenvalue weighted by Crippen LogP contribution is 2.23. The van der Waals surface area contributed by atoms with Gasteiger partial charge in [-0.1, -0.05) is 27.7 Å². The van der Waals surface area contributed by atoms with Crippen LogP contribution < -0.4 is 5.32 Å². The number of carbonyl (C=O) groups is 2. The van der Waals surface area contributed by atoms with Crippen molar-refractivity contribution in [2.24, 2.45) is 11.3 Å². The van der Waals surface area contributed by atoms with Gasteiger partial charge >= 0.3 is 0 Å². The Morgan fingerprint density at radius 3 is 2.50 bits per heavy atom. The van der Waals surface area contributed by atoms with Crippen molar-refractivity contribution in [2.45, 2.75) is 65.8 Å². The molecule has 0 aromatic heterocycles. The summed E-state index contributed by atoms with van der Waals surface area (Å²) in [6, 6.07) is 0.0185. The lowest BCUT2D eigenvalue weighted by Gasteiger charge is -2.39. The van der Waals surface area contributed by atoms with E-state index < -0.39 is 5.41 Å². The molecule has 2 amide bonds. The van der Waals surface area contributed by atoms with Crippen LogP contribution in [-0.2, 0) is 9.59 Å². The number of likely N-dealkylation sites (tertiary alicyclic amines) is 1. The van der Waals surface area contributed by atoms with E-state index in [0.717, 1.165) is 32.2 Å². The van der Waals surface area contributed by atoms with Crippen molar-refractivity contribution < 1.29 is 14.7 Å². The highest BCUT2D eigenvalue weighted by atomic mass is 16.3. The lowest BCUT2D eigenvalue weighted by atomic mass is 9.88. The van der Waals surface area contributed by atoms with Crippen molar-refractivity contribution in [2.75, 3.05) is 19.7 Å². The van der Waals surface area contributed by atoms with Gasteiger partial charge in [0.25, 0.3) is 0 Å². The molecule has 1 saturated heterocycles. The van der Waals surface area contributed by atoms with Crippen LogP contribution in [0.25, 0.3) is 0 Å². The van der Waals surface area contributed by atoms with E-state index in [-0.39, 0.29) is 24.5 Å². The summed E-state index contributed by atoms with van der Waals surface area (Å²) in [5, 5.41) is 12.1. The van der Waals surface area contributed by atoms with Crippen LogP contribution in [0.3, 0.4) is 0 Å². The quantitative estimate of drug-likeness (QED) is 0.787. The molecule has 1 rings (SSSR count). The number of piperidine rings is 1. The summed E-state index contributed by atoms with van der Waals surface area (Å²) in [5.41, 5.74) is -0.420. The Labute approximate surface area is 134 Å². The van der Waals surface area contributed by atoms with Gasteiger partial charge in [0, 0.05) is 37.6 Å². The van der Waals surface area contributed by atoms with Crippen molar-refractivity contribution in [3.63, 3.8) is 0 Å². The third-order valence-electron chi connectivity index (χ3n) is 4.14. The van der Waals surface area contributed by atoms with Gasteiger partial charge in [-0.25, -0.2) is 0 Å². The molecule has 2 N–H and O–H groups in total. The number of hydrogen-bond donors (Lipinski definition) is 2. The number of amides is 2. The van der Waals surface area contributed by atoms with Gasteiger partial charge in [0.2, 0.25) is 11.8 Å². The molecule has 0 saturated carbocycles. The van der Waals surface area contributed by atoms with Gasteiger partial charge in [-0.3, -0.25) is 9.59 Å². The van der Waals surface area contributed by atoms with Gasteiger partial charge in [-0.15, -0.1) is 0 Å². The van der Waals surface area contributed by atoms with Gasteiger partial charge in [0.1, 0.15) is 0 Å². The van der Waals surface area contributed by atoms with Crippen LogP contribution in [0.2, 0.25) is 0 Å². The zero-order chi connectivity index (χ0) is 16.8. The molecule has 0 spiro atoms. The molecule has 1 aliphatic rings. The molecule has 0 aromatic carbocycles. The first kappa shape index (κ1) is 18.9. The maximum Gasteiger partial charge on any atom is 0.225 e. The summed E-state index contributed by atoms with van der Waals surface area (Å²) in [4.78, 5) is 26.3. The number of nitrogens with one attached hydrogen (secondary N) is 1. The Hall–Kier alpha value is -1.10. The highest BCUT2D eigenvalue weighted by molar-refractivity contribution is 5.82. The molecule has 2 unspecified atom stereocenters. The van der Waals surface area contributed by atoms with Gasteiger partial charge in [0.05, 0.1) is 0 Å². The lowest BCUT2D eigenvalue weighted by molar-refractivity contribution is -0.136. The average Bonchev–Trinajstić information content (AvgIpc) is 2.44. The monoisotopic (exact) mass is 312 g/mol. The van der Waals surface area contributed by atoms with Crippen molar-refractivity contribution in [3.05, 3.63) is 0 Å². The molecule has 1 fully saturated rings. The number of aliphatic hydroxyl groups is 1. The Morgan fingerprint density at radius 1 is 1.27 bits per heavy atom. The fraction of sp³-hybridized carbons (Fsp3) is 0.882. The fourth-order valence-corrected chi connectivity index (χ4v) is 2.87. The van der Waals surface area contributed by atoms with Crippen LogP contribution in [-0.4, -0.2) is 47.6 Å². The van der Waals surface area contributed by atoms with Crippen LogP contribution in [0.4, 0.5) is 0 Å². The topological polar surface area (TPSA) is 69.6 Å². The third kappa shape index (κ3) is 5.95. The molecule has 22 heavy (non-hydrogen) atoms. The largest absolute Gasteiger partial charge is 0.396 e. The van der Waals surface area contributed by atoms with E-state index >= 15 is 0 Å². The molecule has 0 aliphatic carbocycles. The second kappa shape index (κ2) is 8.51. The Balaban J connectivity index is 2.70. The van der Waals surface area contributed by atoms with Gasteiger partial charge in [0.15, 0.2) is 0 Å². The zero-order valence-electron chi connectivity index (χ0n) is 14.5. The molecule has 2 atom stereocenters. The lowest BCUT2D eigenvalue weighted by Crippen LogP contribution is -2.54. The van der Waals surface area contributed by atoms with Crippen LogP contribution >= 0.6 is 0 Å². The van der Waals surface area contributed by atoms with Crippen molar-refractivity contribution in [3.8, 4) is 0 Å². The van der Waals surface area contributed by atoms with Gasteiger partial charge in [-0.05, 0) is 31.6 Å². The third-order valence-corrected chi connectivity index (χ3v) is 4.14. The SMILES string of the molecule is CCCC(=O)N1CC(CCCO)CC(NC(=O)C(C)(C)C)C1. The fourth-order valence-electron chi connectivity index (χ4n) is 2.87. The second-order valence-corrected chi connectivity index (χ2v) is 7.44. The standard InChI is InChI=1S/C17H32N2O3/c1-5-7-15(21)19-11-13(8-6-9-20)10-14(12-19)18-16(22)17(2,3)4/h13-14,20H,5-12H2,1-4H3,(H,18,22). The molecule has 0 bridgehead atoms. The van der Waals surface area contributed by atoms with Crippen LogP contribution in [0.1, 0.15) is 59.8 Å². The number of rotatable bonds is 6. The van der Waals surface area contributed by atoms with E-state index in [1.54, 1.807) is 0 Å². The first-order valence-corrected chi connectivity index (χ1v) is 8.47. The van der Waals surface area contributed by atoms with E-state index in [4.69, 9.17) is 5.11 Å². The summed E-state index contributed by atoms with van der Waals surface area (Å²) in [6.45, 7) is 9.23. The average molecular weight is 312 g/mol. The molecule has 0 radical (unpaired) electrons. The summed E-state index contributed by atoms with van der Waals surface area (Å²) in [6.07, 6.45) is 3.94. The normalized spacial score (nSPS) is 22.5. The predicted molar refractivity (Wildman–Crippen MR) is 87.3 cm³/mol. The van der Waals surface area contributed by atoms with Crippen LogP contribution in [0, 0.1) is 11.3 Å². The minimum absolute atomic E-state index is 0.0185. The maximum absolute atomic E-state index is 12.2. The van der Waals surface area contributed by atoms with E-state index in [1.807, 2.05) is 32.6 Å². The number of aliphatic hydroxyl groups excluding tert-OH is 1. The molecular formula is C17H32N2O3. The summed E-state index contributed by atoms with van der Waals surface area (Å²) in [7, 11) is 0. The maximum atomic E-state index is 12.2. The van der Waals surface area contributed by atoms with E-state index in [1.165, 1.54) is 0 Å². The second-order valence-electron chi connectivity index (χ2n) is 7.44.